The van der Waals surface area contributed by atoms with Gasteiger partial charge in [0.05, 0.1) is 5.56 Å². The number of aromatic nitrogens is 1. The number of amides is 1. The van der Waals surface area contributed by atoms with Crippen LogP contribution in [0.2, 0.25) is 0 Å². The first-order valence-corrected chi connectivity index (χ1v) is 7.60. The number of carbonyl (C=O) groups is 1. The summed E-state index contributed by atoms with van der Waals surface area (Å²) in [5.74, 6) is 1.03. The molecule has 21 heavy (non-hydrogen) atoms. The van der Waals surface area contributed by atoms with Gasteiger partial charge < -0.3 is 16.4 Å². The van der Waals surface area contributed by atoms with Crippen molar-refractivity contribution in [3.63, 3.8) is 0 Å². The summed E-state index contributed by atoms with van der Waals surface area (Å²) in [6.07, 6.45) is 2.35. The van der Waals surface area contributed by atoms with Crippen molar-refractivity contribution in [3.05, 3.63) is 22.9 Å². The molecule has 1 saturated heterocycles. The number of aryl methyl sites for hydroxylation is 2. The number of nitrogens with two attached hydrogens (primary N) is 2. The number of nitrogens with zero attached hydrogens (tertiary/aromatic N) is 2. The summed E-state index contributed by atoms with van der Waals surface area (Å²) >= 11 is 5.18. The average Bonchev–Trinajstić information content (AvgIpc) is 2.37. The minimum absolute atomic E-state index is 0.221. The van der Waals surface area contributed by atoms with Gasteiger partial charge in [-0.25, -0.2) is 4.98 Å². The van der Waals surface area contributed by atoms with E-state index in [1.54, 1.807) is 0 Å². The fourth-order valence-corrected chi connectivity index (χ4v) is 3.24. The Kier molecular flexibility index (Phi) is 4.77. The highest BCUT2D eigenvalue weighted by Gasteiger charge is 2.24. The standard InChI is InChI=1S/C15H22N4OS/c1-9-7-10(2)18-15(13(9)14(17)21)19-5-3-11(4-6-19)8-12(16)20/h7,11H,3-6,8H2,1-2H3,(H2,16,20)(H2,17,21). The fraction of sp³-hybridized carbons (Fsp3) is 0.533. The Balaban J connectivity index is 2.20. The highest BCUT2D eigenvalue weighted by molar-refractivity contribution is 7.80. The van der Waals surface area contributed by atoms with E-state index in [1.807, 2.05) is 19.9 Å². The Bertz CT molecular complexity index is 565. The lowest BCUT2D eigenvalue weighted by Crippen LogP contribution is -2.37. The van der Waals surface area contributed by atoms with Crippen LogP contribution in [0.5, 0.6) is 0 Å². The van der Waals surface area contributed by atoms with Gasteiger partial charge in [-0.2, -0.15) is 0 Å². The van der Waals surface area contributed by atoms with Crippen molar-refractivity contribution in [1.82, 2.24) is 4.98 Å². The average molecular weight is 306 g/mol. The summed E-state index contributed by atoms with van der Waals surface area (Å²) in [6.45, 7) is 5.68. The maximum atomic E-state index is 11.0. The predicted octanol–water partition coefficient (Wildman–Crippen LogP) is 1.42. The largest absolute Gasteiger partial charge is 0.389 e. The Morgan fingerprint density at radius 1 is 1.38 bits per heavy atom. The van der Waals surface area contributed by atoms with E-state index in [0.717, 1.165) is 48.6 Å². The molecule has 1 aliphatic rings. The molecule has 4 N–H and O–H groups in total. The van der Waals surface area contributed by atoms with Crippen molar-refractivity contribution in [2.45, 2.75) is 33.1 Å². The Morgan fingerprint density at radius 2 is 2.00 bits per heavy atom. The molecule has 1 fully saturated rings. The van der Waals surface area contributed by atoms with Gasteiger partial charge >= 0.3 is 0 Å². The van der Waals surface area contributed by atoms with Crippen molar-refractivity contribution in [3.8, 4) is 0 Å². The van der Waals surface area contributed by atoms with Crippen LogP contribution in [0.4, 0.5) is 5.82 Å². The molecule has 1 amide bonds. The first kappa shape index (κ1) is 15.7. The molecule has 0 bridgehead atoms. The lowest BCUT2D eigenvalue weighted by Gasteiger charge is -2.34. The van der Waals surface area contributed by atoms with E-state index in [4.69, 9.17) is 23.7 Å². The van der Waals surface area contributed by atoms with Crippen LogP contribution in [0.3, 0.4) is 0 Å². The molecule has 1 aromatic rings. The third-order valence-corrected chi connectivity index (χ3v) is 4.18. The number of primary amides is 1. The molecule has 0 radical (unpaired) electrons. The zero-order valence-electron chi connectivity index (χ0n) is 12.6. The predicted molar refractivity (Wildman–Crippen MR) is 88.3 cm³/mol. The van der Waals surface area contributed by atoms with Gasteiger partial charge in [0.1, 0.15) is 10.8 Å². The third-order valence-electron chi connectivity index (χ3n) is 3.98. The molecule has 0 aliphatic carbocycles. The normalized spacial score (nSPS) is 16.0. The van der Waals surface area contributed by atoms with E-state index >= 15 is 0 Å². The van der Waals surface area contributed by atoms with Crippen LogP contribution in [-0.4, -0.2) is 29.0 Å². The van der Waals surface area contributed by atoms with Crippen LogP contribution in [0.25, 0.3) is 0 Å². The van der Waals surface area contributed by atoms with Gasteiger partial charge in [-0.1, -0.05) is 12.2 Å². The molecule has 2 rings (SSSR count). The second kappa shape index (κ2) is 6.39. The van der Waals surface area contributed by atoms with Crippen molar-refractivity contribution in [1.29, 1.82) is 0 Å². The molecule has 0 atom stereocenters. The summed E-state index contributed by atoms with van der Waals surface area (Å²) in [5.41, 5.74) is 14.0. The Hall–Kier alpha value is -1.69. The van der Waals surface area contributed by atoms with Gasteiger partial charge in [0.25, 0.3) is 0 Å². The van der Waals surface area contributed by atoms with E-state index in [9.17, 15) is 4.79 Å². The Morgan fingerprint density at radius 3 is 2.52 bits per heavy atom. The molecular formula is C15H22N4OS. The minimum atomic E-state index is -0.221. The molecule has 0 aromatic carbocycles. The summed E-state index contributed by atoms with van der Waals surface area (Å²) in [4.78, 5) is 18.2. The summed E-state index contributed by atoms with van der Waals surface area (Å²) in [6, 6.07) is 2.00. The number of thiocarbonyl (C=S) groups is 1. The first-order chi connectivity index (χ1) is 9.88. The van der Waals surface area contributed by atoms with Crippen LogP contribution < -0.4 is 16.4 Å². The lowest BCUT2D eigenvalue weighted by molar-refractivity contribution is -0.119. The Labute approximate surface area is 130 Å². The van der Waals surface area contributed by atoms with Crippen LogP contribution in [0.1, 0.15) is 36.1 Å². The molecule has 2 heterocycles. The summed E-state index contributed by atoms with van der Waals surface area (Å²) in [7, 11) is 0. The van der Waals surface area contributed by atoms with E-state index in [-0.39, 0.29) is 5.91 Å². The van der Waals surface area contributed by atoms with Crippen LogP contribution in [0, 0.1) is 19.8 Å². The molecule has 1 aliphatic heterocycles. The van der Waals surface area contributed by atoms with Gasteiger partial charge in [-0.3, -0.25) is 4.79 Å². The number of carbonyl (C=O) groups excluding carboxylic acids is 1. The van der Waals surface area contributed by atoms with Crippen LogP contribution in [-0.2, 0) is 4.79 Å². The van der Waals surface area contributed by atoms with Gasteiger partial charge in [0, 0.05) is 25.2 Å². The zero-order valence-corrected chi connectivity index (χ0v) is 13.4. The SMILES string of the molecule is Cc1cc(C)c(C(N)=S)c(N2CCC(CC(N)=O)CC2)n1. The number of hydrogen-bond acceptors (Lipinski definition) is 4. The zero-order chi connectivity index (χ0) is 15.6. The molecule has 6 heteroatoms. The molecular weight excluding hydrogens is 284 g/mol. The third kappa shape index (κ3) is 3.69. The maximum absolute atomic E-state index is 11.0. The topological polar surface area (TPSA) is 85.2 Å². The minimum Gasteiger partial charge on any atom is -0.389 e. The van der Waals surface area contributed by atoms with E-state index < -0.39 is 0 Å². The van der Waals surface area contributed by atoms with Crippen molar-refractivity contribution < 1.29 is 4.79 Å². The van der Waals surface area contributed by atoms with Gasteiger partial charge in [0.15, 0.2) is 0 Å². The molecule has 0 unspecified atom stereocenters. The number of rotatable bonds is 4. The second-order valence-corrected chi connectivity index (χ2v) is 6.18. The van der Waals surface area contributed by atoms with Gasteiger partial charge in [0.2, 0.25) is 5.91 Å². The molecule has 1 aromatic heterocycles. The molecule has 5 nitrogen and oxygen atoms in total. The van der Waals surface area contributed by atoms with Crippen LogP contribution >= 0.6 is 12.2 Å². The highest BCUT2D eigenvalue weighted by atomic mass is 32.1. The number of pyridine rings is 1. The van der Waals surface area contributed by atoms with Gasteiger partial charge in [-0.05, 0) is 44.2 Å². The maximum Gasteiger partial charge on any atom is 0.217 e. The number of anilines is 1. The molecule has 114 valence electrons. The quantitative estimate of drug-likeness (QED) is 0.822. The highest BCUT2D eigenvalue weighted by Crippen LogP contribution is 2.28. The number of hydrogen-bond donors (Lipinski definition) is 2. The second-order valence-electron chi connectivity index (χ2n) is 5.74. The van der Waals surface area contributed by atoms with Crippen molar-refractivity contribution in [2.24, 2.45) is 17.4 Å². The first-order valence-electron chi connectivity index (χ1n) is 7.19. The van der Waals surface area contributed by atoms with E-state index in [2.05, 4.69) is 9.88 Å². The van der Waals surface area contributed by atoms with E-state index in [1.165, 1.54) is 0 Å². The summed E-state index contributed by atoms with van der Waals surface area (Å²) < 4.78 is 0. The monoisotopic (exact) mass is 306 g/mol. The molecule has 0 saturated carbocycles. The number of piperidine rings is 1. The lowest BCUT2D eigenvalue weighted by atomic mass is 9.93. The van der Waals surface area contributed by atoms with E-state index in [0.29, 0.717) is 17.3 Å². The van der Waals surface area contributed by atoms with Crippen molar-refractivity contribution in [2.75, 3.05) is 18.0 Å². The van der Waals surface area contributed by atoms with Crippen molar-refractivity contribution >= 4 is 28.9 Å². The van der Waals surface area contributed by atoms with Gasteiger partial charge in [-0.15, -0.1) is 0 Å². The summed E-state index contributed by atoms with van der Waals surface area (Å²) in [5, 5.41) is 0. The molecule has 0 spiro atoms. The smallest absolute Gasteiger partial charge is 0.217 e. The van der Waals surface area contributed by atoms with Crippen LogP contribution in [0.15, 0.2) is 6.07 Å². The fourth-order valence-electron chi connectivity index (χ4n) is 2.98.